The maximum atomic E-state index is 8.33. The molecule has 4 heteroatoms. The van der Waals surface area contributed by atoms with E-state index in [4.69, 9.17) is 11.5 Å². The molecule has 0 aliphatic rings. The fraction of sp³-hybridized carbons (Fsp3) is 0.500. The Balaban J connectivity index is -0.000000326. The van der Waals surface area contributed by atoms with Gasteiger partial charge in [0, 0.05) is 26.7 Å². The quantitative estimate of drug-likeness (QED) is 0.532. The molecule has 0 bridgehead atoms. The second kappa shape index (κ2) is 22.7. The molecule has 0 aromatic heterocycles. The van der Waals surface area contributed by atoms with Gasteiger partial charge in [0.1, 0.15) is 0 Å². The van der Waals surface area contributed by atoms with Gasteiger partial charge < -0.3 is 19.8 Å². The molecule has 26 heavy (non-hydrogen) atoms. The van der Waals surface area contributed by atoms with Crippen LogP contribution in [0.2, 0.25) is 0 Å². The average molecular weight is 361 g/mol. The fourth-order valence-corrected chi connectivity index (χ4v) is 1.45. The number of rotatable bonds is 8. The number of aliphatic hydroxyl groups is 1. The van der Waals surface area contributed by atoms with Crippen LogP contribution in [-0.2, 0) is 0 Å². The fourth-order valence-electron chi connectivity index (χ4n) is 1.45. The molecule has 0 saturated heterocycles. The van der Waals surface area contributed by atoms with Gasteiger partial charge in [-0.05, 0) is 58.5 Å². The van der Waals surface area contributed by atoms with Gasteiger partial charge in [0.15, 0.2) is 0 Å². The van der Waals surface area contributed by atoms with Crippen molar-refractivity contribution in [1.82, 2.24) is 14.7 Å². The molecule has 0 heterocycles. The molecule has 0 radical (unpaired) electrons. The molecule has 0 amide bonds. The molecule has 0 rings (SSSR count). The Hall–Kier alpha value is -2.27. The van der Waals surface area contributed by atoms with Crippen LogP contribution < -0.4 is 0 Å². The first-order valence-corrected chi connectivity index (χ1v) is 8.88. The SMILES string of the molecule is C#C/C=C(\C#C[CH2-])N(C=C)CC.CC=CN(C)CC.CCN(C)CCO. The topological polar surface area (TPSA) is 30.0 Å². The van der Waals surface area contributed by atoms with Crippen molar-refractivity contribution in [1.29, 1.82) is 0 Å². The highest BCUT2D eigenvalue weighted by Crippen LogP contribution is 2.01. The average Bonchev–Trinajstić information content (AvgIpc) is 2.64. The van der Waals surface area contributed by atoms with E-state index >= 15 is 0 Å². The Morgan fingerprint density at radius 1 is 1.19 bits per heavy atom. The van der Waals surface area contributed by atoms with E-state index < -0.39 is 0 Å². The first-order chi connectivity index (χ1) is 12.4. The molecular weight excluding hydrogens is 322 g/mol. The molecule has 1 N–H and O–H groups in total. The van der Waals surface area contributed by atoms with Crippen LogP contribution in [0.15, 0.2) is 36.8 Å². The summed E-state index contributed by atoms with van der Waals surface area (Å²) in [6.07, 6.45) is 12.5. The first kappa shape index (κ1) is 28.5. The van der Waals surface area contributed by atoms with Crippen LogP contribution in [-0.4, -0.2) is 66.7 Å². The molecule has 0 fully saturated rings. The molecule has 148 valence electrons. The van der Waals surface area contributed by atoms with E-state index in [9.17, 15) is 0 Å². The van der Waals surface area contributed by atoms with Crippen molar-refractivity contribution in [3.05, 3.63) is 43.8 Å². The molecule has 0 aromatic carbocycles. The predicted octanol–water partition coefficient (Wildman–Crippen LogP) is 3.21. The van der Waals surface area contributed by atoms with Crippen molar-refractivity contribution in [3.8, 4) is 24.2 Å². The van der Waals surface area contributed by atoms with E-state index in [0.29, 0.717) is 0 Å². The molecule has 0 aliphatic heterocycles. The number of likely N-dealkylation sites (N-methyl/N-ethyl adjacent to an activating group) is 1. The summed E-state index contributed by atoms with van der Waals surface area (Å²) in [7, 11) is 4.04. The van der Waals surface area contributed by atoms with Crippen LogP contribution >= 0.6 is 0 Å². The van der Waals surface area contributed by atoms with Crippen molar-refractivity contribution in [2.75, 3.05) is 46.9 Å². The third kappa shape index (κ3) is 19.8. The van der Waals surface area contributed by atoms with Crippen molar-refractivity contribution in [2.45, 2.75) is 27.7 Å². The normalized spacial score (nSPS) is 9.73. The monoisotopic (exact) mass is 360 g/mol. The third-order valence-corrected chi connectivity index (χ3v) is 3.23. The highest BCUT2D eigenvalue weighted by Gasteiger charge is 1.92. The van der Waals surface area contributed by atoms with Gasteiger partial charge in [0.25, 0.3) is 0 Å². The van der Waals surface area contributed by atoms with Gasteiger partial charge in [-0.15, -0.1) is 6.42 Å². The summed E-state index contributed by atoms with van der Waals surface area (Å²) in [6, 6.07) is 0. The Labute approximate surface area is 162 Å². The molecule has 0 atom stereocenters. The van der Waals surface area contributed by atoms with Gasteiger partial charge >= 0.3 is 0 Å². The van der Waals surface area contributed by atoms with Crippen LogP contribution in [0.25, 0.3) is 0 Å². The minimum absolute atomic E-state index is 0.268. The lowest BCUT2D eigenvalue weighted by Crippen LogP contribution is -2.20. The molecule has 0 aromatic rings. The molecule has 0 aliphatic carbocycles. The summed E-state index contributed by atoms with van der Waals surface area (Å²) in [5.41, 5.74) is 0.755. The summed E-state index contributed by atoms with van der Waals surface area (Å²) in [5.74, 6) is 7.77. The van der Waals surface area contributed by atoms with Gasteiger partial charge in [-0.25, -0.2) is 0 Å². The molecule has 0 saturated carbocycles. The summed E-state index contributed by atoms with van der Waals surface area (Å²) in [6.45, 7) is 19.2. The van der Waals surface area contributed by atoms with Gasteiger partial charge in [0.2, 0.25) is 0 Å². The molecule has 0 spiro atoms. The second-order valence-corrected chi connectivity index (χ2v) is 5.14. The zero-order chi connectivity index (χ0) is 20.8. The minimum Gasteiger partial charge on any atom is -0.395 e. The highest BCUT2D eigenvalue weighted by molar-refractivity contribution is 5.34. The van der Waals surface area contributed by atoms with Crippen LogP contribution in [0.4, 0.5) is 0 Å². The van der Waals surface area contributed by atoms with Crippen LogP contribution in [0.1, 0.15) is 27.7 Å². The standard InChI is InChI=1S/C11H12N.C6H13N.C5H13NO/c1-5-9-11(10-6-2)12(7-3)8-4;1-4-6-7(3)5-2;1-3-6(2)4-5-7/h1,7,9H,2-3,8H2,4H3;4,6H,5H2,1-3H3;7H,3-5H2,1-2H3/q-1;;/b11-9+;;. The number of aliphatic hydroxyl groups excluding tert-OH is 1. The summed E-state index contributed by atoms with van der Waals surface area (Å²) in [4.78, 5) is 6.04. The Kier molecular flexibility index (Phi) is 24.9. The lowest BCUT2D eigenvalue weighted by atomic mass is 10.3. The Morgan fingerprint density at radius 2 is 1.81 bits per heavy atom. The van der Waals surface area contributed by atoms with Crippen LogP contribution in [0, 0.1) is 31.1 Å². The van der Waals surface area contributed by atoms with Crippen molar-refractivity contribution < 1.29 is 5.11 Å². The lowest BCUT2D eigenvalue weighted by molar-refractivity contribution is 0.227. The van der Waals surface area contributed by atoms with E-state index in [-0.39, 0.29) is 6.61 Å². The Bertz CT molecular complexity index is 478. The number of allylic oxidation sites excluding steroid dienone is 3. The van der Waals surface area contributed by atoms with Crippen molar-refractivity contribution >= 4 is 0 Å². The van der Waals surface area contributed by atoms with E-state index in [1.54, 1.807) is 12.3 Å². The van der Waals surface area contributed by atoms with Crippen molar-refractivity contribution in [2.24, 2.45) is 0 Å². The smallest absolute Gasteiger partial charge is 0.0558 e. The van der Waals surface area contributed by atoms with Gasteiger partial charge in [-0.3, -0.25) is 11.8 Å². The number of terminal acetylenes is 1. The van der Waals surface area contributed by atoms with Gasteiger partial charge in [0.05, 0.1) is 6.61 Å². The molecular formula is C22H38N3O-. The van der Waals surface area contributed by atoms with E-state index in [0.717, 1.165) is 31.9 Å². The number of hydrogen-bond donors (Lipinski definition) is 1. The van der Waals surface area contributed by atoms with Crippen LogP contribution in [0.3, 0.4) is 0 Å². The maximum Gasteiger partial charge on any atom is 0.0558 e. The predicted molar refractivity (Wildman–Crippen MR) is 116 cm³/mol. The minimum atomic E-state index is 0.268. The summed E-state index contributed by atoms with van der Waals surface area (Å²) >= 11 is 0. The number of nitrogens with zero attached hydrogens (tertiary/aromatic N) is 3. The third-order valence-electron chi connectivity index (χ3n) is 3.23. The zero-order valence-electron chi connectivity index (χ0n) is 17.6. The summed E-state index contributed by atoms with van der Waals surface area (Å²) < 4.78 is 0. The second-order valence-electron chi connectivity index (χ2n) is 5.14. The number of hydrogen-bond acceptors (Lipinski definition) is 4. The highest BCUT2D eigenvalue weighted by atomic mass is 16.3. The van der Waals surface area contributed by atoms with E-state index in [1.807, 2.05) is 31.9 Å². The zero-order valence-corrected chi connectivity index (χ0v) is 17.6. The molecule has 4 nitrogen and oxygen atoms in total. The van der Waals surface area contributed by atoms with Crippen LogP contribution in [0.5, 0.6) is 0 Å². The largest absolute Gasteiger partial charge is 0.395 e. The van der Waals surface area contributed by atoms with E-state index in [1.165, 1.54) is 0 Å². The van der Waals surface area contributed by atoms with Crippen molar-refractivity contribution in [3.63, 3.8) is 0 Å². The maximum absolute atomic E-state index is 8.33. The van der Waals surface area contributed by atoms with Gasteiger partial charge in [-0.2, -0.15) is 6.92 Å². The van der Waals surface area contributed by atoms with E-state index in [2.05, 4.69) is 68.2 Å². The Morgan fingerprint density at radius 3 is 2.04 bits per heavy atom. The summed E-state index contributed by atoms with van der Waals surface area (Å²) in [5, 5.41) is 8.33. The lowest BCUT2D eigenvalue weighted by Gasteiger charge is -2.20. The van der Waals surface area contributed by atoms with Gasteiger partial charge in [-0.1, -0.05) is 25.5 Å². The first-order valence-electron chi connectivity index (χ1n) is 8.88. The molecule has 0 unspecified atom stereocenters.